The molecule has 0 aliphatic heterocycles. The van der Waals surface area contributed by atoms with Gasteiger partial charge in [0.05, 0.1) is 0 Å². The van der Waals surface area contributed by atoms with Crippen molar-refractivity contribution in [3.05, 3.63) is 39.6 Å². The predicted octanol–water partition coefficient (Wildman–Crippen LogP) is 4.75. The molecule has 0 fully saturated rings. The molecular formula is C13H17NS2. The molecule has 3 heteroatoms. The van der Waals surface area contributed by atoms with E-state index in [9.17, 15) is 0 Å². The molecule has 0 aromatic carbocycles. The Labute approximate surface area is 106 Å². The summed E-state index contributed by atoms with van der Waals surface area (Å²) < 4.78 is 0. The van der Waals surface area contributed by atoms with Crippen LogP contribution >= 0.6 is 23.1 Å². The van der Waals surface area contributed by atoms with Gasteiger partial charge in [-0.15, -0.1) is 23.1 Å². The second-order valence-electron chi connectivity index (χ2n) is 3.60. The van der Waals surface area contributed by atoms with Gasteiger partial charge in [-0.1, -0.05) is 12.7 Å². The molecule has 0 unspecified atom stereocenters. The van der Waals surface area contributed by atoms with E-state index in [4.69, 9.17) is 0 Å². The van der Waals surface area contributed by atoms with Crippen LogP contribution in [0.25, 0.3) is 5.57 Å². The summed E-state index contributed by atoms with van der Waals surface area (Å²) in [6, 6.07) is 4.26. The molecule has 0 spiro atoms. The summed E-state index contributed by atoms with van der Waals surface area (Å²) in [4.78, 5) is 7.10. The van der Waals surface area contributed by atoms with Crippen LogP contribution in [0.5, 0.6) is 0 Å². The van der Waals surface area contributed by atoms with Crippen LogP contribution in [0, 0.1) is 6.92 Å². The Morgan fingerprint density at radius 3 is 2.50 bits per heavy atom. The van der Waals surface area contributed by atoms with Crippen LogP contribution in [0.4, 0.5) is 0 Å². The zero-order valence-electron chi connectivity index (χ0n) is 10.2. The lowest BCUT2D eigenvalue weighted by Gasteiger charge is -2.04. The average Bonchev–Trinajstić information content (AvgIpc) is 2.64. The largest absolute Gasteiger partial charge is 0.251 e. The van der Waals surface area contributed by atoms with Crippen LogP contribution in [0.15, 0.2) is 34.8 Å². The van der Waals surface area contributed by atoms with Gasteiger partial charge in [-0.3, -0.25) is 4.99 Å². The number of hydrogen-bond acceptors (Lipinski definition) is 3. The van der Waals surface area contributed by atoms with Crippen LogP contribution in [0.2, 0.25) is 0 Å². The number of allylic oxidation sites excluding steroid dienone is 2. The van der Waals surface area contributed by atoms with E-state index >= 15 is 0 Å². The number of hydrogen-bond donors (Lipinski definition) is 0. The molecule has 0 radical (unpaired) electrons. The van der Waals surface area contributed by atoms with Crippen molar-refractivity contribution < 1.29 is 0 Å². The first kappa shape index (κ1) is 13.3. The molecule has 0 amide bonds. The van der Waals surface area contributed by atoms with Gasteiger partial charge in [0.15, 0.2) is 0 Å². The monoisotopic (exact) mass is 251 g/mol. The minimum atomic E-state index is 1.04. The van der Waals surface area contributed by atoms with E-state index in [-0.39, 0.29) is 0 Å². The smallest absolute Gasteiger partial charge is 0.104 e. The maximum atomic E-state index is 4.55. The molecule has 0 N–H and O–H groups in total. The fraction of sp³-hybridized carbons (Fsp3) is 0.308. The summed E-state index contributed by atoms with van der Waals surface area (Å²) in [6.07, 6.45) is 3.94. The van der Waals surface area contributed by atoms with Gasteiger partial charge in [-0.25, -0.2) is 0 Å². The Balaban J connectivity index is 3.26. The topological polar surface area (TPSA) is 12.4 Å². The van der Waals surface area contributed by atoms with Gasteiger partial charge in [0.2, 0.25) is 0 Å². The molecule has 0 aliphatic carbocycles. The maximum Gasteiger partial charge on any atom is 0.104 e. The SMILES string of the molecule is C=C/C(=C(/N=C(C)C)SC)c1ccc(C)s1. The lowest BCUT2D eigenvalue weighted by atomic mass is 10.2. The summed E-state index contributed by atoms with van der Waals surface area (Å²) in [7, 11) is 0. The lowest BCUT2D eigenvalue weighted by Crippen LogP contribution is -1.85. The molecule has 16 heavy (non-hydrogen) atoms. The molecule has 1 rings (SSSR count). The zero-order chi connectivity index (χ0) is 12.1. The molecule has 1 heterocycles. The van der Waals surface area contributed by atoms with Crippen molar-refractivity contribution in [1.82, 2.24) is 0 Å². The predicted molar refractivity (Wildman–Crippen MR) is 78.5 cm³/mol. The van der Waals surface area contributed by atoms with Crippen molar-refractivity contribution in [1.29, 1.82) is 0 Å². The maximum absolute atomic E-state index is 4.55. The zero-order valence-corrected chi connectivity index (χ0v) is 11.8. The van der Waals surface area contributed by atoms with Crippen molar-refractivity contribution in [2.75, 3.05) is 6.26 Å². The third-order valence-corrected chi connectivity index (χ3v) is 3.69. The number of nitrogens with zero attached hydrogens (tertiary/aromatic N) is 1. The van der Waals surface area contributed by atoms with E-state index in [0.29, 0.717) is 0 Å². The van der Waals surface area contributed by atoms with Crippen LogP contribution in [0.3, 0.4) is 0 Å². The first-order valence-corrected chi connectivity index (χ1v) is 7.12. The van der Waals surface area contributed by atoms with Crippen molar-refractivity contribution in [2.24, 2.45) is 4.99 Å². The normalized spacial score (nSPS) is 12.0. The highest BCUT2D eigenvalue weighted by molar-refractivity contribution is 8.02. The van der Waals surface area contributed by atoms with Gasteiger partial charge >= 0.3 is 0 Å². The Hall–Kier alpha value is -0.800. The first-order chi connectivity index (χ1) is 7.58. The third kappa shape index (κ3) is 3.35. The minimum absolute atomic E-state index is 1.04. The highest BCUT2D eigenvalue weighted by atomic mass is 32.2. The molecule has 0 atom stereocenters. The lowest BCUT2D eigenvalue weighted by molar-refractivity contribution is 1.47. The van der Waals surface area contributed by atoms with Gasteiger partial charge in [-0.05, 0) is 39.2 Å². The molecule has 0 saturated heterocycles. The van der Waals surface area contributed by atoms with Gasteiger partial charge in [-0.2, -0.15) is 0 Å². The Kier molecular flexibility index (Phi) is 5.03. The summed E-state index contributed by atoms with van der Waals surface area (Å²) in [6.45, 7) is 10.0. The van der Waals surface area contributed by atoms with Crippen molar-refractivity contribution in [3.63, 3.8) is 0 Å². The van der Waals surface area contributed by atoms with Gasteiger partial charge in [0, 0.05) is 21.0 Å². The van der Waals surface area contributed by atoms with Crippen molar-refractivity contribution in [3.8, 4) is 0 Å². The fourth-order valence-electron chi connectivity index (χ4n) is 1.29. The molecule has 86 valence electrons. The highest BCUT2D eigenvalue weighted by Crippen LogP contribution is 2.31. The summed E-state index contributed by atoms with van der Waals surface area (Å²) in [5, 5.41) is 1.04. The first-order valence-electron chi connectivity index (χ1n) is 5.08. The van der Waals surface area contributed by atoms with Gasteiger partial charge < -0.3 is 0 Å². The number of thioether (sulfide) groups is 1. The van der Waals surface area contributed by atoms with E-state index in [2.05, 4.69) is 30.6 Å². The number of rotatable bonds is 4. The number of thiophene rings is 1. The van der Waals surface area contributed by atoms with Gasteiger partial charge in [0.25, 0.3) is 0 Å². The molecule has 0 bridgehead atoms. The van der Waals surface area contributed by atoms with Crippen LogP contribution in [-0.4, -0.2) is 12.0 Å². The molecule has 1 aromatic heterocycles. The molecule has 1 aromatic rings. The second kappa shape index (κ2) is 6.06. The Morgan fingerprint density at radius 2 is 2.12 bits per heavy atom. The van der Waals surface area contributed by atoms with Crippen LogP contribution in [-0.2, 0) is 0 Å². The number of aliphatic imine (C=N–C) groups is 1. The van der Waals surface area contributed by atoms with E-state index < -0.39 is 0 Å². The number of aryl methyl sites for hydroxylation is 1. The second-order valence-corrected chi connectivity index (χ2v) is 5.68. The van der Waals surface area contributed by atoms with Crippen LogP contribution in [0.1, 0.15) is 23.6 Å². The van der Waals surface area contributed by atoms with Crippen molar-refractivity contribution in [2.45, 2.75) is 20.8 Å². The van der Waals surface area contributed by atoms with E-state index in [1.165, 1.54) is 9.75 Å². The summed E-state index contributed by atoms with van der Waals surface area (Å²) >= 11 is 3.44. The third-order valence-electron chi connectivity index (χ3n) is 1.96. The summed E-state index contributed by atoms with van der Waals surface area (Å²) in [5.41, 5.74) is 2.20. The van der Waals surface area contributed by atoms with Gasteiger partial charge in [0.1, 0.15) is 5.03 Å². The molecule has 1 nitrogen and oxygen atoms in total. The standard InChI is InChI=1S/C13H17NS2/c1-6-11(12-8-7-10(4)16-12)13(15-5)14-9(2)3/h6-8H,1H2,2-5H3/b13-11+. The van der Waals surface area contributed by atoms with E-state index in [0.717, 1.165) is 16.3 Å². The Morgan fingerprint density at radius 1 is 1.44 bits per heavy atom. The molecular weight excluding hydrogens is 234 g/mol. The fourth-order valence-corrected chi connectivity index (χ4v) is 2.95. The Bertz CT molecular complexity index is 435. The van der Waals surface area contributed by atoms with E-state index in [1.807, 2.05) is 26.2 Å². The molecule has 0 saturated carbocycles. The quantitative estimate of drug-likeness (QED) is 0.555. The molecule has 0 aliphatic rings. The highest BCUT2D eigenvalue weighted by Gasteiger charge is 2.07. The average molecular weight is 251 g/mol. The minimum Gasteiger partial charge on any atom is -0.251 e. The van der Waals surface area contributed by atoms with Crippen LogP contribution < -0.4 is 0 Å². The summed E-state index contributed by atoms with van der Waals surface area (Å²) in [5.74, 6) is 0. The van der Waals surface area contributed by atoms with E-state index in [1.54, 1.807) is 23.1 Å². The van der Waals surface area contributed by atoms with Crippen molar-refractivity contribution >= 4 is 34.4 Å².